The van der Waals surface area contributed by atoms with Gasteiger partial charge in [0.05, 0.1) is 12.7 Å². The Bertz CT molecular complexity index is 637. The van der Waals surface area contributed by atoms with E-state index in [2.05, 4.69) is 4.98 Å². The van der Waals surface area contributed by atoms with Crippen LogP contribution >= 0.6 is 0 Å². The third kappa shape index (κ3) is 2.28. The fourth-order valence-corrected chi connectivity index (χ4v) is 2.47. The Morgan fingerprint density at radius 1 is 1.60 bits per heavy atom. The van der Waals surface area contributed by atoms with Gasteiger partial charge in [-0.1, -0.05) is 0 Å². The minimum absolute atomic E-state index is 0.00917. The minimum Gasteiger partial charge on any atom is -0.373 e. The standard InChI is InChI=1S/C14H18N4O2/c1-10-8-16-13-6-11(2-3-18(10)13)14(19)17-4-5-20-12(7-15)9-17/h2-3,6,8,12H,4-5,7,9,15H2,1H3. The lowest BCUT2D eigenvalue weighted by molar-refractivity contribution is -0.0167. The van der Waals surface area contributed by atoms with E-state index in [0.717, 1.165) is 11.3 Å². The lowest BCUT2D eigenvalue weighted by atomic mass is 10.2. The predicted octanol–water partition coefficient (Wildman–Crippen LogP) is 0.442. The molecule has 0 aliphatic carbocycles. The highest BCUT2D eigenvalue weighted by Crippen LogP contribution is 2.13. The number of amides is 1. The number of ether oxygens (including phenoxy) is 1. The predicted molar refractivity (Wildman–Crippen MR) is 74.6 cm³/mol. The van der Waals surface area contributed by atoms with Gasteiger partial charge in [-0.25, -0.2) is 4.98 Å². The summed E-state index contributed by atoms with van der Waals surface area (Å²) in [6.45, 7) is 4.11. The molecule has 6 heteroatoms. The van der Waals surface area contributed by atoms with Crippen LogP contribution in [0.1, 0.15) is 16.1 Å². The molecular weight excluding hydrogens is 256 g/mol. The summed E-state index contributed by atoms with van der Waals surface area (Å²) in [4.78, 5) is 18.6. The first-order chi connectivity index (χ1) is 9.69. The number of pyridine rings is 1. The fraction of sp³-hybridized carbons (Fsp3) is 0.429. The van der Waals surface area contributed by atoms with E-state index < -0.39 is 0 Å². The Morgan fingerprint density at radius 3 is 3.25 bits per heavy atom. The van der Waals surface area contributed by atoms with Crippen LogP contribution in [0.2, 0.25) is 0 Å². The molecule has 3 rings (SSSR count). The number of nitrogens with two attached hydrogens (primary N) is 1. The number of hydrogen-bond acceptors (Lipinski definition) is 4. The fourth-order valence-electron chi connectivity index (χ4n) is 2.47. The first-order valence-electron chi connectivity index (χ1n) is 6.73. The monoisotopic (exact) mass is 274 g/mol. The van der Waals surface area contributed by atoms with E-state index in [1.807, 2.05) is 29.7 Å². The third-order valence-electron chi connectivity index (χ3n) is 3.63. The van der Waals surface area contributed by atoms with Gasteiger partial charge >= 0.3 is 0 Å². The van der Waals surface area contributed by atoms with Gasteiger partial charge in [0.2, 0.25) is 0 Å². The van der Waals surface area contributed by atoms with Crippen LogP contribution in [0, 0.1) is 6.92 Å². The largest absolute Gasteiger partial charge is 0.373 e. The summed E-state index contributed by atoms with van der Waals surface area (Å²) >= 11 is 0. The molecule has 20 heavy (non-hydrogen) atoms. The minimum atomic E-state index is -0.0647. The SMILES string of the molecule is Cc1cnc2cc(C(=O)N3CCOC(CN)C3)ccn12. The number of aromatic nitrogens is 2. The van der Waals surface area contributed by atoms with Crippen molar-refractivity contribution in [2.24, 2.45) is 5.73 Å². The Balaban J connectivity index is 1.84. The first kappa shape index (κ1) is 13.1. The maximum atomic E-state index is 12.5. The van der Waals surface area contributed by atoms with Crippen molar-refractivity contribution >= 4 is 11.6 Å². The number of morpholine rings is 1. The second-order valence-corrected chi connectivity index (χ2v) is 5.02. The number of fused-ring (bicyclic) bond motifs is 1. The molecule has 1 saturated heterocycles. The molecule has 0 radical (unpaired) electrons. The van der Waals surface area contributed by atoms with Crippen LogP contribution in [0.15, 0.2) is 24.5 Å². The van der Waals surface area contributed by atoms with Crippen LogP contribution in [-0.4, -0.2) is 52.5 Å². The van der Waals surface area contributed by atoms with E-state index in [-0.39, 0.29) is 12.0 Å². The summed E-state index contributed by atoms with van der Waals surface area (Å²) in [6, 6.07) is 3.65. The summed E-state index contributed by atoms with van der Waals surface area (Å²) in [6.07, 6.45) is 3.61. The molecule has 1 amide bonds. The van der Waals surface area contributed by atoms with Crippen molar-refractivity contribution in [1.82, 2.24) is 14.3 Å². The summed E-state index contributed by atoms with van der Waals surface area (Å²) < 4.78 is 7.44. The van der Waals surface area contributed by atoms with Crippen molar-refractivity contribution in [3.8, 4) is 0 Å². The highest BCUT2D eigenvalue weighted by Gasteiger charge is 2.24. The van der Waals surface area contributed by atoms with E-state index >= 15 is 0 Å². The van der Waals surface area contributed by atoms with Crippen LogP contribution in [-0.2, 0) is 4.74 Å². The molecule has 1 unspecified atom stereocenters. The van der Waals surface area contributed by atoms with Crippen molar-refractivity contribution in [2.75, 3.05) is 26.2 Å². The zero-order chi connectivity index (χ0) is 14.1. The van der Waals surface area contributed by atoms with Crippen molar-refractivity contribution in [2.45, 2.75) is 13.0 Å². The molecule has 0 saturated carbocycles. The van der Waals surface area contributed by atoms with Crippen LogP contribution in [0.3, 0.4) is 0 Å². The first-order valence-corrected chi connectivity index (χ1v) is 6.73. The topological polar surface area (TPSA) is 72.9 Å². The average molecular weight is 274 g/mol. The van der Waals surface area contributed by atoms with Crippen LogP contribution < -0.4 is 5.73 Å². The van der Waals surface area contributed by atoms with Gasteiger partial charge < -0.3 is 19.8 Å². The Kier molecular flexibility index (Phi) is 3.42. The Morgan fingerprint density at radius 2 is 2.45 bits per heavy atom. The summed E-state index contributed by atoms with van der Waals surface area (Å²) in [5, 5.41) is 0. The highest BCUT2D eigenvalue weighted by molar-refractivity contribution is 5.95. The molecule has 1 fully saturated rings. The second-order valence-electron chi connectivity index (χ2n) is 5.02. The van der Waals surface area contributed by atoms with Crippen LogP contribution in [0.5, 0.6) is 0 Å². The molecule has 1 aliphatic rings. The van der Waals surface area contributed by atoms with Crippen molar-refractivity contribution in [1.29, 1.82) is 0 Å². The van der Waals surface area contributed by atoms with E-state index in [0.29, 0.717) is 31.8 Å². The molecule has 2 N–H and O–H groups in total. The van der Waals surface area contributed by atoms with Crippen molar-refractivity contribution in [3.63, 3.8) is 0 Å². The number of imidazole rings is 1. The average Bonchev–Trinajstić information content (AvgIpc) is 2.87. The summed E-state index contributed by atoms with van der Waals surface area (Å²) in [7, 11) is 0. The second kappa shape index (κ2) is 5.22. The van der Waals surface area contributed by atoms with Gasteiger partial charge in [0, 0.05) is 43.3 Å². The molecule has 106 valence electrons. The normalized spacial score (nSPS) is 19.5. The third-order valence-corrected chi connectivity index (χ3v) is 3.63. The maximum Gasteiger partial charge on any atom is 0.254 e. The quantitative estimate of drug-likeness (QED) is 0.862. The van der Waals surface area contributed by atoms with E-state index in [4.69, 9.17) is 10.5 Å². The summed E-state index contributed by atoms with van der Waals surface area (Å²) in [5.74, 6) is 0.00917. The van der Waals surface area contributed by atoms with E-state index in [1.165, 1.54) is 0 Å². The number of hydrogen-bond donors (Lipinski definition) is 1. The smallest absolute Gasteiger partial charge is 0.254 e. The van der Waals surface area contributed by atoms with Gasteiger partial charge in [-0.15, -0.1) is 0 Å². The lowest BCUT2D eigenvalue weighted by Gasteiger charge is -2.32. The lowest BCUT2D eigenvalue weighted by Crippen LogP contribution is -2.48. The number of rotatable bonds is 2. The summed E-state index contributed by atoms with van der Waals surface area (Å²) in [5.41, 5.74) is 8.10. The molecular formula is C14H18N4O2. The molecule has 3 heterocycles. The van der Waals surface area contributed by atoms with Crippen molar-refractivity contribution < 1.29 is 9.53 Å². The zero-order valence-corrected chi connectivity index (χ0v) is 11.5. The van der Waals surface area contributed by atoms with Gasteiger partial charge in [-0.05, 0) is 19.1 Å². The van der Waals surface area contributed by atoms with Gasteiger partial charge in [-0.2, -0.15) is 0 Å². The van der Waals surface area contributed by atoms with Gasteiger partial charge in [0.15, 0.2) is 0 Å². The molecule has 2 aromatic heterocycles. The van der Waals surface area contributed by atoms with Crippen molar-refractivity contribution in [3.05, 3.63) is 35.8 Å². The highest BCUT2D eigenvalue weighted by atomic mass is 16.5. The molecule has 2 aromatic rings. The van der Waals surface area contributed by atoms with E-state index in [9.17, 15) is 4.79 Å². The van der Waals surface area contributed by atoms with Gasteiger partial charge in [0.1, 0.15) is 5.65 Å². The molecule has 1 aliphatic heterocycles. The van der Waals surface area contributed by atoms with Crippen LogP contribution in [0.4, 0.5) is 0 Å². The number of carbonyl (C=O) groups is 1. The number of aryl methyl sites for hydroxylation is 1. The van der Waals surface area contributed by atoms with E-state index in [1.54, 1.807) is 11.1 Å². The van der Waals surface area contributed by atoms with Crippen LogP contribution in [0.25, 0.3) is 5.65 Å². The maximum absolute atomic E-state index is 12.5. The molecule has 6 nitrogen and oxygen atoms in total. The van der Waals surface area contributed by atoms with Gasteiger partial charge in [0.25, 0.3) is 5.91 Å². The molecule has 1 atom stereocenters. The number of carbonyl (C=O) groups excluding carboxylic acids is 1. The zero-order valence-electron chi connectivity index (χ0n) is 11.5. The Hall–Kier alpha value is -1.92. The molecule has 0 spiro atoms. The Labute approximate surface area is 117 Å². The molecule has 0 bridgehead atoms. The number of nitrogens with zero attached hydrogens (tertiary/aromatic N) is 3. The molecule has 0 aromatic carbocycles. The van der Waals surface area contributed by atoms with Gasteiger partial charge in [-0.3, -0.25) is 4.79 Å².